The third-order valence-electron chi connectivity index (χ3n) is 4.31. The van der Waals surface area contributed by atoms with E-state index in [2.05, 4.69) is 26.6 Å². The molecule has 1 fully saturated rings. The number of primary amides is 1. The second-order valence-electron chi connectivity index (χ2n) is 6.21. The largest absolute Gasteiger partial charge is 0.366 e. The highest BCUT2D eigenvalue weighted by Crippen LogP contribution is 2.14. The first-order valence-corrected chi connectivity index (χ1v) is 9.04. The van der Waals surface area contributed by atoms with Gasteiger partial charge in [0.15, 0.2) is 5.78 Å². The summed E-state index contributed by atoms with van der Waals surface area (Å²) in [4.78, 5) is 36.3. The van der Waals surface area contributed by atoms with Crippen molar-refractivity contribution >= 4 is 50.5 Å². The van der Waals surface area contributed by atoms with Gasteiger partial charge in [-0.15, -0.1) is 17.0 Å². The smallest absolute Gasteiger partial charge is 0.266 e. The van der Waals surface area contributed by atoms with Crippen LogP contribution in [0.5, 0.6) is 0 Å². The first-order valence-electron chi connectivity index (χ1n) is 8.25. The Balaban J connectivity index is 0.00000338. The monoisotopic (exact) mass is 490 g/mol. The van der Waals surface area contributed by atoms with Crippen LogP contribution in [0.4, 0.5) is 0 Å². The maximum atomic E-state index is 12.4. The third kappa shape index (κ3) is 5.87. The summed E-state index contributed by atoms with van der Waals surface area (Å²) in [5.41, 5.74) is 10.1. The van der Waals surface area contributed by atoms with Gasteiger partial charge >= 0.3 is 0 Å². The lowest BCUT2D eigenvalue weighted by atomic mass is 9.97. The number of Topliss-reactive ketones (excluding diaryl/α,β-unsaturated/α-hetero) is 1. The molecule has 1 saturated heterocycles. The van der Waals surface area contributed by atoms with E-state index in [1.165, 1.54) is 0 Å². The van der Waals surface area contributed by atoms with E-state index in [1.807, 2.05) is 24.3 Å². The summed E-state index contributed by atoms with van der Waals surface area (Å²) in [6.45, 7) is 0.716. The number of aryl methyl sites for hydroxylation is 1. The SMILES string of the molecule is Br.NC(=O)[C@@](N)(NC(=O)[C@@H]1CCCN1)C(=O)CCCc1ccc(Br)cc1. The van der Waals surface area contributed by atoms with Crippen LogP contribution in [0.15, 0.2) is 28.7 Å². The minimum Gasteiger partial charge on any atom is -0.366 e. The Morgan fingerprint density at radius 1 is 1.27 bits per heavy atom. The molecular weight excluding hydrogens is 468 g/mol. The molecule has 0 bridgehead atoms. The molecule has 26 heavy (non-hydrogen) atoms. The van der Waals surface area contributed by atoms with Gasteiger partial charge in [0.05, 0.1) is 6.04 Å². The standard InChI is InChI=1S/C17H23BrN4O3.BrH/c18-12-8-6-11(7-9-12)3-1-5-14(23)17(20,16(19)25)22-15(24)13-4-2-10-21-13;/h6-9,13,21H,1-5,10,20H2,(H2,19,25)(H,22,24);1H/t13-,17-;/m0./s1. The van der Waals surface area contributed by atoms with Crippen LogP contribution in [-0.2, 0) is 20.8 Å². The van der Waals surface area contributed by atoms with Gasteiger partial charge in [-0.3, -0.25) is 20.1 Å². The van der Waals surface area contributed by atoms with Gasteiger partial charge in [-0.25, -0.2) is 0 Å². The Kier molecular flexibility index (Phi) is 8.88. The van der Waals surface area contributed by atoms with Crippen molar-refractivity contribution in [1.82, 2.24) is 10.6 Å². The van der Waals surface area contributed by atoms with E-state index in [9.17, 15) is 14.4 Å². The summed E-state index contributed by atoms with van der Waals surface area (Å²) in [7, 11) is 0. The summed E-state index contributed by atoms with van der Waals surface area (Å²) in [6.07, 6.45) is 2.70. The Morgan fingerprint density at radius 2 is 1.92 bits per heavy atom. The zero-order valence-corrected chi connectivity index (χ0v) is 17.6. The van der Waals surface area contributed by atoms with Crippen molar-refractivity contribution in [3.63, 3.8) is 0 Å². The molecule has 1 aliphatic rings. The summed E-state index contributed by atoms with van der Waals surface area (Å²) in [5, 5.41) is 5.33. The number of benzene rings is 1. The van der Waals surface area contributed by atoms with Crippen molar-refractivity contribution in [2.45, 2.75) is 43.8 Å². The lowest BCUT2D eigenvalue weighted by Gasteiger charge is -2.27. The molecule has 1 aliphatic heterocycles. The lowest BCUT2D eigenvalue weighted by molar-refractivity contribution is -0.141. The van der Waals surface area contributed by atoms with Crippen molar-refractivity contribution in [2.24, 2.45) is 11.5 Å². The van der Waals surface area contributed by atoms with Crippen molar-refractivity contribution in [1.29, 1.82) is 0 Å². The van der Waals surface area contributed by atoms with Crippen LogP contribution >= 0.6 is 32.9 Å². The maximum absolute atomic E-state index is 12.4. The summed E-state index contributed by atoms with van der Waals surface area (Å²) >= 11 is 3.36. The Bertz CT molecular complexity index is 648. The molecule has 0 aromatic heterocycles. The molecule has 2 atom stereocenters. The average molecular weight is 492 g/mol. The van der Waals surface area contributed by atoms with Crippen molar-refractivity contribution < 1.29 is 14.4 Å². The zero-order chi connectivity index (χ0) is 18.4. The predicted octanol–water partition coefficient (Wildman–Crippen LogP) is 0.927. The highest BCUT2D eigenvalue weighted by Gasteiger charge is 2.42. The molecule has 0 radical (unpaired) electrons. The van der Waals surface area contributed by atoms with Crippen LogP contribution in [0.3, 0.4) is 0 Å². The third-order valence-corrected chi connectivity index (χ3v) is 4.84. The van der Waals surface area contributed by atoms with E-state index in [4.69, 9.17) is 11.5 Å². The van der Waals surface area contributed by atoms with Gasteiger partial charge < -0.3 is 16.4 Å². The number of hydrogen-bond donors (Lipinski definition) is 4. The fourth-order valence-electron chi connectivity index (χ4n) is 2.76. The lowest BCUT2D eigenvalue weighted by Crippen LogP contribution is -2.70. The molecule has 9 heteroatoms. The van der Waals surface area contributed by atoms with E-state index in [0.717, 1.165) is 16.5 Å². The molecule has 0 aliphatic carbocycles. The summed E-state index contributed by atoms with van der Waals surface area (Å²) in [6, 6.07) is 7.29. The van der Waals surface area contributed by atoms with Gasteiger partial charge in [-0.05, 0) is 49.9 Å². The highest BCUT2D eigenvalue weighted by atomic mass is 79.9. The van der Waals surface area contributed by atoms with Crippen LogP contribution in [-0.4, -0.2) is 35.8 Å². The van der Waals surface area contributed by atoms with Gasteiger partial charge in [0.2, 0.25) is 11.6 Å². The molecule has 0 spiro atoms. The van der Waals surface area contributed by atoms with E-state index >= 15 is 0 Å². The Labute approximate surface area is 171 Å². The van der Waals surface area contributed by atoms with Crippen molar-refractivity contribution in [2.75, 3.05) is 6.54 Å². The Morgan fingerprint density at radius 3 is 2.46 bits per heavy atom. The summed E-state index contributed by atoms with van der Waals surface area (Å²) < 4.78 is 0.977. The van der Waals surface area contributed by atoms with Crippen LogP contribution < -0.4 is 22.1 Å². The highest BCUT2D eigenvalue weighted by molar-refractivity contribution is 9.10. The molecule has 6 N–H and O–H groups in total. The minimum atomic E-state index is -2.17. The number of nitrogens with one attached hydrogen (secondary N) is 2. The molecule has 0 saturated carbocycles. The maximum Gasteiger partial charge on any atom is 0.266 e. The normalized spacial score (nSPS) is 18.5. The van der Waals surface area contributed by atoms with E-state index in [0.29, 0.717) is 25.8 Å². The van der Waals surface area contributed by atoms with Gasteiger partial charge in [-0.2, -0.15) is 0 Å². The molecule has 1 aromatic rings. The number of rotatable bonds is 8. The fourth-order valence-corrected chi connectivity index (χ4v) is 3.02. The van der Waals surface area contributed by atoms with Crippen LogP contribution in [0.1, 0.15) is 31.2 Å². The molecule has 1 heterocycles. The Hall–Kier alpha value is -1.29. The number of ketones is 1. The molecule has 144 valence electrons. The molecule has 2 amide bonds. The molecule has 7 nitrogen and oxygen atoms in total. The van der Waals surface area contributed by atoms with Crippen LogP contribution in [0, 0.1) is 0 Å². The zero-order valence-electron chi connectivity index (χ0n) is 14.3. The molecule has 1 aromatic carbocycles. The van der Waals surface area contributed by atoms with Gasteiger partial charge in [0.1, 0.15) is 0 Å². The number of carbonyl (C=O) groups is 3. The first kappa shape index (κ1) is 22.8. The number of carbonyl (C=O) groups excluding carboxylic acids is 3. The van der Waals surface area contributed by atoms with Crippen LogP contribution in [0.2, 0.25) is 0 Å². The van der Waals surface area contributed by atoms with Gasteiger partial charge in [0.25, 0.3) is 5.91 Å². The molecule has 2 rings (SSSR count). The molecule has 0 unspecified atom stereocenters. The second kappa shape index (κ2) is 10.1. The van der Waals surface area contributed by atoms with Crippen LogP contribution in [0.25, 0.3) is 0 Å². The van der Waals surface area contributed by atoms with Crippen molar-refractivity contribution in [3.8, 4) is 0 Å². The number of nitrogens with two attached hydrogens (primary N) is 2. The predicted molar refractivity (Wildman–Crippen MR) is 108 cm³/mol. The number of halogens is 2. The average Bonchev–Trinajstić information content (AvgIpc) is 3.11. The van der Waals surface area contributed by atoms with E-state index in [-0.39, 0.29) is 23.4 Å². The topological polar surface area (TPSA) is 127 Å². The number of amides is 2. The number of hydrogen-bond acceptors (Lipinski definition) is 5. The summed E-state index contributed by atoms with van der Waals surface area (Å²) in [5.74, 6) is -2.10. The quantitative estimate of drug-likeness (QED) is 0.317. The van der Waals surface area contributed by atoms with E-state index < -0.39 is 29.3 Å². The van der Waals surface area contributed by atoms with E-state index in [1.54, 1.807) is 0 Å². The molecular formula is C17H24Br2N4O3. The van der Waals surface area contributed by atoms with Gasteiger partial charge in [-0.1, -0.05) is 28.1 Å². The fraction of sp³-hybridized carbons (Fsp3) is 0.471. The minimum absolute atomic E-state index is 0. The second-order valence-corrected chi connectivity index (χ2v) is 7.13. The van der Waals surface area contributed by atoms with Gasteiger partial charge in [0, 0.05) is 10.9 Å². The van der Waals surface area contributed by atoms with Crippen molar-refractivity contribution in [3.05, 3.63) is 34.3 Å². The first-order chi connectivity index (χ1) is 11.8.